The van der Waals surface area contributed by atoms with Gasteiger partial charge in [-0.25, -0.2) is 19.9 Å². The van der Waals surface area contributed by atoms with Crippen LogP contribution in [-0.2, 0) is 0 Å². The Morgan fingerprint density at radius 3 is 2.92 bits per heavy atom. The van der Waals surface area contributed by atoms with Crippen molar-refractivity contribution in [3.8, 4) is 0 Å². The molecule has 3 aromatic rings. The summed E-state index contributed by atoms with van der Waals surface area (Å²) < 4.78 is 0. The molecule has 2 aliphatic rings. The minimum absolute atomic E-state index is 0.233. The van der Waals surface area contributed by atoms with E-state index in [1.54, 1.807) is 12.7 Å². The Morgan fingerprint density at radius 1 is 1.12 bits per heavy atom. The third-order valence-electron chi connectivity index (χ3n) is 5.80. The summed E-state index contributed by atoms with van der Waals surface area (Å²) >= 11 is 0. The van der Waals surface area contributed by atoms with Crippen molar-refractivity contribution in [3.63, 3.8) is 0 Å². The predicted molar refractivity (Wildman–Crippen MR) is 96.6 cm³/mol. The normalized spacial score (nSPS) is 26.2. The summed E-state index contributed by atoms with van der Waals surface area (Å²) in [5.74, 6) is 2.76. The maximum absolute atomic E-state index is 4.59. The maximum atomic E-state index is 4.59. The summed E-state index contributed by atoms with van der Waals surface area (Å²) in [6.07, 6.45) is 8.22. The van der Waals surface area contributed by atoms with Crippen molar-refractivity contribution in [2.24, 2.45) is 11.3 Å². The largest absolute Gasteiger partial charge is 0.356 e. The summed E-state index contributed by atoms with van der Waals surface area (Å²) in [6, 6.07) is 4.08. The SMILES string of the molecule is C[C@]12CN(c3ccncn3)C[C@H]1CCN(c1ncnc3[nH]ccc13)C2. The molecule has 0 unspecified atom stereocenters. The van der Waals surface area contributed by atoms with Crippen molar-refractivity contribution < 1.29 is 0 Å². The van der Waals surface area contributed by atoms with E-state index in [-0.39, 0.29) is 5.41 Å². The predicted octanol–water partition coefficient (Wildman–Crippen LogP) is 2.10. The van der Waals surface area contributed by atoms with Crippen molar-refractivity contribution in [3.05, 3.63) is 37.2 Å². The lowest BCUT2D eigenvalue weighted by Crippen LogP contribution is -2.47. The van der Waals surface area contributed by atoms with E-state index in [1.165, 1.54) is 6.42 Å². The molecule has 1 N–H and O–H groups in total. The zero-order valence-corrected chi connectivity index (χ0v) is 14.3. The number of aromatic nitrogens is 5. The number of fused-ring (bicyclic) bond motifs is 2. The number of hydrogen-bond donors (Lipinski definition) is 1. The molecule has 0 amide bonds. The van der Waals surface area contributed by atoms with E-state index >= 15 is 0 Å². The van der Waals surface area contributed by atoms with Gasteiger partial charge in [0.1, 0.15) is 29.9 Å². The first-order valence-electron chi connectivity index (χ1n) is 8.77. The highest BCUT2D eigenvalue weighted by Crippen LogP contribution is 2.44. The quantitative estimate of drug-likeness (QED) is 0.773. The van der Waals surface area contributed by atoms with Crippen LogP contribution >= 0.6 is 0 Å². The molecule has 25 heavy (non-hydrogen) atoms. The van der Waals surface area contributed by atoms with Gasteiger partial charge >= 0.3 is 0 Å². The molecule has 5 heterocycles. The molecule has 0 saturated carbocycles. The van der Waals surface area contributed by atoms with Gasteiger partial charge in [0, 0.05) is 44.0 Å². The lowest BCUT2D eigenvalue weighted by Gasteiger charge is -2.42. The second-order valence-corrected chi connectivity index (χ2v) is 7.45. The number of nitrogens with one attached hydrogen (secondary N) is 1. The topological polar surface area (TPSA) is 73.8 Å². The molecule has 2 saturated heterocycles. The molecule has 2 atom stereocenters. The minimum atomic E-state index is 0.233. The highest BCUT2D eigenvalue weighted by atomic mass is 15.3. The van der Waals surface area contributed by atoms with Crippen LogP contribution in [0.3, 0.4) is 0 Å². The molecular weight excluding hydrogens is 314 g/mol. The van der Waals surface area contributed by atoms with Gasteiger partial charge in [0.2, 0.25) is 0 Å². The van der Waals surface area contributed by atoms with Gasteiger partial charge in [-0.1, -0.05) is 6.92 Å². The van der Waals surface area contributed by atoms with E-state index in [0.717, 1.165) is 48.8 Å². The molecule has 0 aliphatic carbocycles. The smallest absolute Gasteiger partial charge is 0.142 e. The zero-order chi connectivity index (χ0) is 16.9. The molecule has 0 radical (unpaired) electrons. The number of nitrogens with zero attached hydrogens (tertiary/aromatic N) is 6. The second kappa shape index (κ2) is 5.40. The first-order valence-corrected chi connectivity index (χ1v) is 8.77. The summed E-state index contributed by atoms with van der Waals surface area (Å²) in [5, 5.41) is 1.11. The van der Waals surface area contributed by atoms with Crippen molar-refractivity contribution in [2.45, 2.75) is 13.3 Å². The summed E-state index contributed by atoms with van der Waals surface area (Å²) in [4.78, 5) is 25.4. The molecular formula is C18H21N7. The van der Waals surface area contributed by atoms with Crippen LogP contribution in [-0.4, -0.2) is 51.1 Å². The van der Waals surface area contributed by atoms with E-state index < -0.39 is 0 Å². The van der Waals surface area contributed by atoms with Crippen LogP contribution in [0.25, 0.3) is 11.0 Å². The van der Waals surface area contributed by atoms with Crippen molar-refractivity contribution in [2.75, 3.05) is 36.0 Å². The van der Waals surface area contributed by atoms with Gasteiger partial charge in [-0.2, -0.15) is 0 Å². The minimum Gasteiger partial charge on any atom is -0.356 e. The highest BCUT2D eigenvalue weighted by Gasteiger charge is 2.47. The fraction of sp³-hybridized carbons (Fsp3) is 0.444. The van der Waals surface area contributed by atoms with Crippen LogP contribution in [0.15, 0.2) is 37.2 Å². The van der Waals surface area contributed by atoms with Crippen LogP contribution in [0, 0.1) is 11.3 Å². The third kappa shape index (κ3) is 2.33. The van der Waals surface area contributed by atoms with Crippen LogP contribution in [0.5, 0.6) is 0 Å². The molecule has 128 valence electrons. The Bertz CT molecular complexity index is 893. The molecule has 2 fully saturated rings. The second-order valence-electron chi connectivity index (χ2n) is 7.45. The number of hydrogen-bond acceptors (Lipinski definition) is 6. The van der Waals surface area contributed by atoms with Gasteiger partial charge in [-0.15, -0.1) is 0 Å². The standard InChI is InChI=1S/C18H21N7/c1-18-9-24(17-14-2-6-20-16(14)22-12-23-17)7-4-13(18)8-25(10-18)15-3-5-19-11-21-15/h2-3,5-6,11-13H,4,7-10H2,1H3,(H,20,22,23)/t13-,18+/m1/s1. The average Bonchev–Trinajstić information content (AvgIpc) is 3.25. The molecule has 7 nitrogen and oxygen atoms in total. The molecule has 5 rings (SSSR count). The fourth-order valence-electron chi connectivity index (χ4n) is 4.50. The van der Waals surface area contributed by atoms with Gasteiger partial charge in [0.25, 0.3) is 0 Å². The number of piperidine rings is 1. The monoisotopic (exact) mass is 335 g/mol. The number of rotatable bonds is 2. The van der Waals surface area contributed by atoms with Gasteiger partial charge in [-0.3, -0.25) is 0 Å². The first-order chi connectivity index (χ1) is 12.2. The third-order valence-corrected chi connectivity index (χ3v) is 5.80. The Labute approximate surface area is 146 Å². The van der Waals surface area contributed by atoms with E-state index in [0.29, 0.717) is 5.92 Å². The van der Waals surface area contributed by atoms with Crippen LogP contribution in [0.2, 0.25) is 0 Å². The van der Waals surface area contributed by atoms with E-state index in [1.807, 2.05) is 18.5 Å². The van der Waals surface area contributed by atoms with Crippen molar-refractivity contribution in [1.82, 2.24) is 24.9 Å². The Balaban J connectivity index is 1.43. The molecule has 3 aromatic heterocycles. The zero-order valence-electron chi connectivity index (χ0n) is 14.3. The van der Waals surface area contributed by atoms with Gasteiger partial charge in [-0.05, 0) is 24.5 Å². The highest BCUT2D eigenvalue weighted by molar-refractivity contribution is 5.87. The van der Waals surface area contributed by atoms with Crippen molar-refractivity contribution in [1.29, 1.82) is 0 Å². The molecule has 7 heteroatoms. The lowest BCUT2D eigenvalue weighted by atomic mass is 9.75. The van der Waals surface area contributed by atoms with Gasteiger partial charge < -0.3 is 14.8 Å². The van der Waals surface area contributed by atoms with Gasteiger partial charge in [0.15, 0.2) is 0 Å². The maximum Gasteiger partial charge on any atom is 0.142 e. The number of aromatic amines is 1. The fourth-order valence-corrected chi connectivity index (χ4v) is 4.50. The van der Waals surface area contributed by atoms with Crippen LogP contribution in [0.4, 0.5) is 11.6 Å². The molecule has 0 spiro atoms. The Morgan fingerprint density at radius 2 is 2.04 bits per heavy atom. The molecule has 2 aliphatic heterocycles. The molecule has 0 aromatic carbocycles. The van der Waals surface area contributed by atoms with E-state index in [4.69, 9.17) is 0 Å². The average molecular weight is 335 g/mol. The number of anilines is 2. The van der Waals surface area contributed by atoms with Crippen LogP contribution < -0.4 is 9.80 Å². The first kappa shape index (κ1) is 14.6. The van der Waals surface area contributed by atoms with Gasteiger partial charge in [0.05, 0.1) is 5.39 Å². The molecule has 0 bridgehead atoms. The van der Waals surface area contributed by atoms with E-state index in [2.05, 4.69) is 47.7 Å². The lowest BCUT2D eigenvalue weighted by molar-refractivity contribution is 0.216. The Hall–Kier alpha value is -2.70. The number of H-pyrrole nitrogens is 1. The summed E-state index contributed by atoms with van der Waals surface area (Å²) in [5.41, 5.74) is 1.14. The van der Waals surface area contributed by atoms with Crippen molar-refractivity contribution >= 4 is 22.7 Å². The summed E-state index contributed by atoms with van der Waals surface area (Å²) in [6.45, 7) is 6.55. The Kier molecular flexibility index (Phi) is 3.16. The summed E-state index contributed by atoms with van der Waals surface area (Å²) in [7, 11) is 0. The van der Waals surface area contributed by atoms with Crippen LogP contribution in [0.1, 0.15) is 13.3 Å². The van der Waals surface area contributed by atoms with E-state index in [9.17, 15) is 0 Å².